The number of alkyl halides is 3. The van der Waals surface area contributed by atoms with Crippen molar-refractivity contribution in [3.8, 4) is 0 Å². The molecule has 0 atom stereocenters. The second kappa shape index (κ2) is 6.07. The summed E-state index contributed by atoms with van der Waals surface area (Å²) in [5, 5.41) is 6.61. The Bertz CT molecular complexity index is 671. The van der Waals surface area contributed by atoms with Crippen molar-refractivity contribution in [3.05, 3.63) is 28.0 Å². The molecule has 2 aromatic rings. The minimum atomic E-state index is -4.48. The molecule has 9 heteroatoms. The van der Waals surface area contributed by atoms with Crippen molar-refractivity contribution in [1.29, 1.82) is 0 Å². The van der Waals surface area contributed by atoms with Crippen molar-refractivity contribution in [2.24, 2.45) is 0 Å². The van der Waals surface area contributed by atoms with E-state index in [2.05, 4.69) is 15.4 Å². The average molecular weight is 332 g/mol. The van der Waals surface area contributed by atoms with Crippen LogP contribution in [0.3, 0.4) is 0 Å². The number of carbonyl (C=O) groups excluding carboxylic acids is 1. The molecule has 0 aliphatic rings. The first-order valence-corrected chi connectivity index (χ1v) is 7.34. The third kappa shape index (κ3) is 3.85. The Kier molecular flexibility index (Phi) is 4.55. The molecular weight excluding hydrogens is 317 g/mol. The van der Waals surface area contributed by atoms with Crippen LogP contribution in [0.25, 0.3) is 0 Å². The normalized spacial score (nSPS) is 11.7. The largest absolute Gasteiger partial charge is 0.435 e. The maximum absolute atomic E-state index is 12.5. The van der Waals surface area contributed by atoms with Crippen LogP contribution in [0.2, 0.25) is 0 Å². The highest BCUT2D eigenvalue weighted by Crippen LogP contribution is 2.28. The number of hydrogen-bond donors (Lipinski definition) is 1. The Labute approximate surface area is 129 Å². The van der Waals surface area contributed by atoms with Crippen LogP contribution in [0.5, 0.6) is 0 Å². The third-order valence-electron chi connectivity index (χ3n) is 3.10. The van der Waals surface area contributed by atoms with Gasteiger partial charge in [0.2, 0.25) is 5.91 Å². The Morgan fingerprint density at radius 2 is 2.05 bits per heavy atom. The number of aryl methyl sites for hydroxylation is 4. The molecule has 1 N–H and O–H groups in total. The molecule has 0 aromatic carbocycles. The number of halogens is 3. The molecule has 22 heavy (non-hydrogen) atoms. The lowest BCUT2D eigenvalue weighted by Gasteiger charge is -2.05. The monoisotopic (exact) mass is 332 g/mol. The van der Waals surface area contributed by atoms with Gasteiger partial charge in [-0.3, -0.25) is 9.48 Å². The first-order chi connectivity index (χ1) is 10.2. The Morgan fingerprint density at radius 1 is 1.36 bits per heavy atom. The van der Waals surface area contributed by atoms with Gasteiger partial charge < -0.3 is 5.32 Å². The second-order valence-electron chi connectivity index (χ2n) is 4.85. The Hall–Kier alpha value is -1.90. The lowest BCUT2D eigenvalue weighted by molar-refractivity contribution is -0.141. The van der Waals surface area contributed by atoms with Crippen molar-refractivity contribution in [1.82, 2.24) is 14.8 Å². The van der Waals surface area contributed by atoms with Crippen molar-refractivity contribution in [2.45, 2.75) is 39.9 Å². The van der Waals surface area contributed by atoms with Crippen LogP contribution >= 0.6 is 11.3 Å². The highest BCUT2D eigenvalue weighted by molar-refractivity contribution is 7.15. The molecule has 2 heterocycles. The van der Waals surface area contributed by atoms with Crippen LogP contribution in [0.4, 0.5) is 18.3 Å². The topological polar surface area (TPSA) is 59.8 Å². The maximum Gasteiger partial charge on any atom is 0.435 e. The second-order valence-corrected chi connectivity index (χ2v) is 6.05. The zero-order chi connectivity index (χ0) is 16.5. The average Bonchev–Trinajstić information content (AvgIpc) is 2.90. The van der Waals surface area contributed by atoms with Crippen LogP contribution in [0.1, 0.15) is 28.4 Å². The van der Waals surface area contributed by atoms with E-state index in [-0.39, 0.29) is 18.9 Å². The van der Waals surface area contributed by atoms with Crippen LogP contribution in [0.15, 0.2) is 6.07 Å². The van der Waals surface area contributed by atoms with Crippen molar-refractivity contribution in [3.63, 3.8) is 0 Å². The van der Waals surface area contributed by atoms with Crippen molar-refractivity contribution < 1.29 is 18.0 Å². The van der Waals surface area contributed by atoms with Gasteiger partial charge in [0.15, 0.2) is 10.8 Å². The van der Waals surface area contributed by atoms with E-state index in [4.69, 9.17) is 0 Å². The number of thiazole rings is 1. The van der Waals surface area contributed by atoms with Gasteiger partial charge in [-0.2, -0.15) is 18.3 Å². The van der Waals surface area contributed by atoms with E-state index in [0.29, 0.717) is 10.8 Å². The molecule has 0 bridgehead atoms. The summed E-state index contributed by atoms with van der Waals surface area (Å²) in [5.74, 6) is -0.308. The molecule has 0 aliphatic carbocycles. The molecule has 2 rings (SSSR count). The van der Waals surface area contributed by atoms with E-state index in [9.17, 15) is 18.0 Å². The van der Waals surface area contributed by atoms with Gasteiger partial charge in [-0.15, -0.1) is 11.3 Å². The van der Waals surface area contributed by atoms with E-state index >= 15 is 0 Å². The molecule has 0 saturated heterocycles. The first kappa shape index (κ1) is 16.5. The van der Waals surface area contributed by atoms with E-state index in [1.807, 2.05) is 13.8 Å². The van der Waals surface area contributed by atoms with Crippen LogP contribution in [0, 0.1) is 20.8 Å². The van der Waals surface area contributed by atoms with E-state index in [1.165, 1.54) is 22.9 Å². The number of aromatic nitrogens is 3. The van der Waals surface area contributed by atoms with Gasteiger partial charge >= 0.3 is 6.18 Å². The molecule has 0 aliphatic heterocycles. The summed E-state index contributed by atoms with van der Waals surface area (Å²) < 4.78 is 38.8. The predicted molar refractivity (Wildman–Crippen MR) is 76.8 cm³/mol. The fraction of sp³-hybridized carbons (Fsp3) is 0.462. The van der Waals surface area contributed by atoms with Gasteiger partial charge in [-0.25, -0.2) is 4.98 Å². The number of carbonyl (C=O) groups is 1. The van der Waals surface area contributed by atoms with Crippen LogP contribution < -0.4 is 5.32 Å². The molecule has 120 valence electrons. The summed E-state index contributed by atoms with van der Waals surface area (Å²) in [6.45, 7) is 5.34. The van der Waals surface area contributed by atoms with E-state index < -0.39 is 11.9 Å². The lowest BCUT2D eigenvalue weighted by Crippen LogP contribution is -2.16. The summed E-state index contributed by atoms with van der Waals surface area (Å²) in [6.07, 6.45) is -4.45. The minimum absolute atomic E-state index is 0.0253. The number of hydrogen-bond acceptors (Lipinski definition) is 4. The molecule has 0 saturated carbocycles. The third-order valence-corrected chi connectivity index (χ3v) is 4.09. The summed E-state index contributed by atoms with van der Waals surface area (Å²) in [6, 6.07) is 0.964. The molecule has 5 nitrogen and oxygen atoms in total. The first-order valence-electron chi connectivity index (χ1n) is 6.52. The molecule has 0 unspecified atom stereocenters. The Balaban J connectivity index is 1.95. The number of anilines is 1. The van der Waals surface area contributed by atoms with E-state index in [1.54, 1.807) is 0 Å². The summed E-state index contributed by atoms with van der Waals surface area (Å²) >= 11 is 1.36. The zero-order valence-electron chi connectivity index (χ0n) is 12.3. The van der Waals surface area contributed by atoms with Crippen LogP contribution in [-0.4, -0.2) is 20.7 Å². The van der Waals surface area contributed by atoms with Gasteiger partial charge in [-0.05, 0) is 26.8 Å². The predicted octanol–water partition coefficient (Wildman–Crippen LogP) is 3.31. The fourth-order valence-corrected chi connectivity index (χ4v) is 2.62. The Morgan fingerprint density at radius 3 is 2.55 bits per heavy atom. The molecule has 2 aromatic heterocycles. The maximum atomic E-state index is 12.5. The summed E-state index contributed by atoms with van der Waals surface area (Å²) in [7, 11) is 0. The van der Waals surface area contributed by atoms with Gasteiger partial charge in [0.25, 0.3) is 0 Å². The highest BCUT2D eigenvalue weighted by atomic mass is 32.1. The number of amides is 1. The highest BCUT2D eigenvalue weighted by Gasteiger charge is 2.34. The summed E-state index contributed by atoms with van der Waals surface area (Å²) in [5.41, 5.74) is 0.260. The van der Waals surface area contributed by atoms with Gasteiger partial charge in [0.05, 0.1) is 5.69 Å². The zero-order valence-corrected chi connectivity index (χ0v) is 13.1. The van der Waals surface area contributed by atoms with Crippen LogP contribution in [-0.2, 0) is 17.5 Å². The van der Waals surface area contributed by atoms with E-state index in [0.717, 1.165) is 16.6 Å². The van der Waals surface area contributed by atoms with Crippen molar-refractivity contribution >= 4 is 22.4 Å². The number of nitrogens with one attached hydrogen (secondary N) is 1. The number of rotatable bonds is 4. The molecule has 1 amide bonds. The smallest absolute Gasteiger partial charge is 0.302 e. The molecule has 0 radical (unpaired) electrons. The molecule has 0 spiro atoms. The standard InChI is InChI=1S/C13H15F3N4OS/c1-7-6-10(13(14,15)16)19-20(7)5-4-11(21)18-12-17-8(2)9(3)22-12/h6H,4-5H2,1-3H3,(H,17,18,21). The van der Waals surface area contributed by atoms with Gasteiger partial charge in [0, 0.05) is 23.5 Å². The molecular formula is C13H15F3N4OS. The quantitative estimate of drug-likeness (QED) is 0.934. The molecule has 0 fully saturated rings. The number of nitrogens with zero attached hydrogens (tertiary/aromatic N) is 3. The van der Waals surface area contributed by atoms with Crippen molar-refractivity contribution in [2.75, 3.05) is 5.32 Å². The minimum Gasteiger partial charge on any atom is -0.302 e. The van der Waals surface area contributed by atoms with Gasteiger partial charge in [0.1, 0.15) is 0 Å². The summed E-state index contributed by atoms with van der Waals surface area (Å²) in [4.78, 5) is 17.0. The fourth-order valence-electron chi connectivity index (χ4n) is 1.79. The van der Waals surface area contributed by atoms with Gasteiger partial charge in [-0.1, -0.05) is 0 Å². The SMILES string of the molecule is Cc1nc(NC(=O)CCn2nc(C(F)(F)F)cc2C)sc1C. The lowest BCUT2D eigenvalue weighted by atomic mass is 10.3.